The number of carbonyl (C=O) groups is 2. The van der Waals surface area contributed by atoms with Gasteiger partial charge in [-0.15, -0.1) is 0 Å². The van der Waals surface area contributed by atoms with Crippen LogP contribution in [0.5, 0.6) is 5.75 Å². The lowest BCUT2D eigenvalue weighted by atomic mass is 10.1. The Bertz CT molecular complexity index is 1390. The number of rotatable bonds is 12. The molecule has 0 aliphatic rings. The van der Waals surface area contributed by atoms with Crippen LogP contribution in [-0.2, 0) is 26.2 Å². The fourth-order valence-electron chi connectivity index (χ4n) is 4.18. The predicted octanol–water partition coefficient (Wildman–Crippen LogP) is 4.45. The number of methoxy groups -OCH3 is 1. The first-order valence-electron chi connectivity index (χ1n) is 12.9. The predicted molar refractivity (Wildman–Crippen MR) is 153 cm³/mol. The van der Waals surface area contributed by atoms with Gasteiger partial charge >= 0.3 is 0 Å². The first-order chi connectivity index (χ1) is 18.6. The molecule has 0 bridgehead atoms. The number of hydrogen-bond donors (Lipinski definition) is 1. The highest BCUT2D eigenvalue weighted by Gasteiger charge is 2.33. The van der Waals surface area contributed by atoms with Crippen molar-refractivity contribution in [1.82, 2.24) is 10.2 Å². The van der Waals surface area contributed by atoms with Crippen LogP contribution in [0.4, 0.5) is 5.69 Å². The van der Waals surface area contributed by atoms with Gasteiger partial charge in [-0.2, -0.15) is 0 Å². The Balaban J connectivity index is 2.06. The van der Waals surface area contributed by atoms with Crippen LogP contribution >= 0.6 is 0 Å². The van der Waals surface area contributed by atoms with Crippen LogP contribution in [-0.4, -0.2) is 51.4 Å². The average Bonchev–Trinajstić information content (AvgIpc) is 2.95. The SMILES string of the molecule is CCCNC(=O)[C@@H](C)N(Cc1cccc(OC)c1)C(=O)CN(c1cccc(C)c1C)S(=O)(=O)c1ccccc1. The number of ether oxygens (including phenoxy) is 1. The molecule has 0 unspecified atom stereocenters. The topological polar surface area (TPSA) is 96.0 Å². The second-order valence-corrected chi connectivity index (χ2v) is 11.2. The highest BCUT2D eigenvalue weighted by Crippen LogP contribution is 2.29. The standard InChI is InChI=1S/C30H37N3O5S/c1-6-18-31-30(35)24(4)32(20-25-13-11-14-26(19-25)38-5)29(34)21-33(28-17-10-12-22(2)23(28)3)39(36,37)27-15-8-7-9-16-27/h7-17,19,24H,6,18,20-21H2,1-5H3,(H,31,35)/t24-/m1/s1. The lowest BCUT2D eigenvalue weighted by Crippen LogP contribution is -2.51. The summed E-state index contributed by atoms with van der Waals surface area (Å²) < 4.78 is 34.3. The minimum absolute atomic E-state index is 0.0757. The van der Waals surface area contributed by atoms with Crippen LogP contribution in [0.15, 0.2) is 77.7 Å². The van der Waals surface area contributed by atoms with E-state index in [0.29, 0.717) is 18.0 Å². The van der Waals surface area contributed by atoms with Crippen molar-refractivity contribution >= 4 is 27.5 Å². The molecule has 0 heterocycles. The normalized spacial score (nSPS) is 11.9. The van der Waals surface area contributed by atoms with Crippen molar-refractivity contribution in [3.05, 3.63) is 89.5 Å². The summed E-state index contributed by atoms with van der Waals surface area (Å²) in [6, 6.07) is 19.8. The summed E-state index contributed by atoms with van der Waals surface area (Å²) in [5.41, 5.74) is 2.81. The molecule has 0 aliphatic carbocycles. The zero-order valence-electron chi connectivity index (χ0n) is 23.2. The summed E-state index contributed by atoms with van der Waals surface area (Å²) in [4.78, 5) is 28.5. The van der Waals surface area contributed by atoms with Crippen LogP contribution in [0.3, 0.4) is 0 Å². The fourth-order valence-corrected chi connectivity index (χ4v) is 5.68. The lowest BCUT2D eigenvalue weighted by Gasteiger charge is -2.32. The quantitative estimate of drug-likeness (QED) is 0.359. The van der Waals surface area contributed by atoms with E-state index in [1.807, 2.05) is 32.9 Å². The first kappa shape index (κ1) is 29.7. The maximum atomic E-state index is 14.0. The van der Waals surface area contributed by atoms with Gasteiger partial charge in [0.25, 0.3) is 10.0 Å². The molecule has 1 atom stereocenters. The van der Waals surface area contributed by atoms with Crippen molar-refractivity contribution in [1.29, 1.82) is 0 Å². The van der Waals surface area contributed by atoms with Gasteiger partial charge in [0.15, 0.2) is 0 Å². The van der Waals surface area contributed by atoms with Gasteiger partial charge in [0.2, 0.25) is 11.8 Å². The highest BCUT2D eigenvalue weighted by atomic mass is 32.2. The molecule has 3 aromatic carbocycles. The maximum Gasteiger partial charge on any atom is 0.264 e. The largest absolute Gasteiger partial charge is 0.497 e. The summed E-state index contributed by atoms with van der Waals surface area (Å²) in [5.74, 6) is -0.193. The van der Waals surface area contributed by atoms with E-state index in [-0.39, 0.29) is 17.3 Å². The summed E-state index contributed by atoms with van der Waals surface area (Å²) in [6.07, 6.45) is 0.748. The van der Waals surface area contributed by atoms with Crippen LogP contribution in [0.25, 0.3) is 0 Å². The van der Waals surface area contributed by atoms with E-state index in [2.05, 4.69) is 5.32 Å². The van der Waals surface area contributed by atoms with Crippen molar-refractivity contribution in [3.8, 4) is 5.75 Å². The molecule has 0 saturated carbocycles. The minimum Gasteiger partial charge on any atom is -0.497 e. The number of aryl methyl sites for hydroxylation is 1. The average molecular weight is 552 g/mol. The van der Waals surface area contributed by atoms with Gasteiger partial charge in [0.05, 0.1) is 17.7 Å². The number of benzene rings is 3. The molecule has 0 aromatic heterocycles. The molecule has 0 radical (unpaired) electrons. The molecule has 39 heavy (non-hydrogen) atoms. The molecule has 1 N–H and O–H groups in total. The van der Waals surface area contributed by atoms with E-state index < -0.39 is 28.5 Å². The third kappa shape index (κ3) is 7.17. The minimum atomic E-state index is -4.10. The van der Waals surface area contributed by atoms with E-state index in [0.717, 1.165) is 27.4 Å². The molecule has 2 amide bonds. The molecule has 3 aromatic rings. The number of amides is 2. The van der Waals surface area contributed by atoms with Gasteiger partial charge in [-0.05, 0) is 74.2 Å². The Morgan fingerprint density at radius 1 is 0.974 bits per heavy atom. The van der Waals surface area contributed by atoms with Gasteiger partial charge in [0, 0.05) is 13.1 Å². The second-order valence-electron chi connectivity index (χ2n) is 9.38. The molecular weight excluding hydrogens is 514 g/mol. The Morgan fingerprint density at radius 2 is 1.67 bits per heavy atom. The number of nitrogens with one attached hydrogen (secondary N) is 1. The van der Waals surface area contributed by atoms with E-state index in [1.54, 1.807) is 62.6 Å². The van der Waals surface area contributed by atoms with Crippen molar-refractivity contribution < 1.29 is 22.7 Å². The second kappa shape index (κ2) is 13.3. The van der Waals surface area contributed by atoms with Gasteiger partial charge in [-0.3, -0.25) is 13.9 Å². The zero-order valence-corrected chi connectivity index (χ0v) is 24.0. The molecule has 0 saturated heterocycles. The Labute approximate surface area is 231 Å². The molecule has 3 rings (SSSR count). The number of nitrogens with zero attached hydrogens (tertiary/aromatic N) is 2. The van der Waals surface area contributed by atoms with Crippen molar-refractivity contribution in [2.75, 3.05) is 24.5 Å². The molecule has 0 fully saturated rings. The van der Waals surface area contributed by atoms with E-state index in [4.69, 9.17) is 4.74 Å². The van der Waals surface area contributed by atoms with Crippen molar-refractivity contribution in [2.24, 2.45) is 0 Å². The highest BCUT2D eigenvalue weighted by molar-refractivity contribution is 7.92. The summed E-state index contributed by atoms with van der Waals surface area (Å²) in [6.45, 7) is 7.42. The Kier molecular flexibility index (Phi) is 10.1. The third-order valence-corrected chi connectivity index (χ3v) is 8.43. The molecular formula is C30H37N3O5S. The molecule has 208 valence electrons. The van der Waals surface area contributed by atoms with Gasteiger partial charge < -0.3 is 15.0 Å². The van der Waals surface area contributed by atoms with Crippen LogP contribution in [0.2, 0.25) is 0 Å². The Morgan fingerprint density at radius 3 is 2.33 bits per heavy atom. The number of hydrogen-bond acceptors (Lipinski definition) is 5. The lowest BCUT2D eigenvalue weighted by molar-refractivity contribution is -0.139. The smallest absolute Gasteiger partial charge is 0.264 e. The maximum absolute atomic E-state index is 14.0. The molecule has 8 nitrogen and oxygen atoms in total. The van der Waals surface area contributed by atoms with E-state index in [9.17, 15) is 18.0 Å². The van der Waals surface area contributed by atoms with E-state index in [1.165, 1.54) is 17.0 Å². The zero-order chi connectivity index (χ0) is 28.6. The third-order valence-electron chi connectivity index (χ3n) is 6.66. The summed E-state index contributed by atoms with van der Waals surface area (Å²) in [7, 11) is -2.55. The summed E-state index contributed by atoms with van der Waals surface area (Å²) >= 11 is 0. The number of anilines is 1. The molecule has 0 spiro atoms. The monoisotopic (exact) mass is 551 g/mol. The first-order valence-corrected chi connectivity index (χ1v) is 14.4. The Hall–Kier alpha value is -3.85. The van der Waals surface area contributed by atoms with Crippen LogP contribution in [0.1, 0.15) is 37.0 Å². The van der Waals surface area contributed by atoms with Crippen molar-refractivity contribution in [3.63, 3.8) is 0 Å². The van der Waals surface area contributed by atoms with Crippen molar-refractivity contribution in [2.45, 2.75) is 51.6 Å². The van der Waals surface area contributed by atoms with Gasteiger partial charge in [-0.1, -0.05) is 49.4 Å². The molecule has 0 aliphatic heterocycles. The van der Waals surface area contributed by atoms with Gasteiger partial charge in [0.1, 0.15) is 18.3 Å². The van der Waals surface area contributed by atoms with Crippen LogP contribution < -0.4 is 14.4 Å². The summed E-state index contributed by atoms with van der Waals surface area (Å²) in [5, 5.41) is 2.84. The fraction of sp³-hybridized carbons (Fsp3) is 0.333. The molecule has 9 heteroatoms. The van der Waals surface area contributed by atoms with Gasteiger partial charge in [-0.25, -0.2) is 8.42 Å². The number of sulfonamides is 1. The van der Waals surface area contributed by atoms with Crippen LogP contribution in [0, 0.1) is 13.8 Å². The van der Waals surface area contributed by atoms with E-state index >= 15 is 0 Å². The number of carbonyl (C=O) groups excluding carboxylic acids is 2.